The van der Waals surface area contributed by atoms with Gasteiger partial charge in [0.25, 0.3) is 0 Å². The van der Waals surface area contributed by atoms with Crippen LogP contribution >= 0.6 is 0 Å². The Morgan fingerprint density at radius 1 is 1.16 bits per heavy atom. The Morgan fingerprint density at radius 2 is 1.78 bits per heavy atom. The number of carbonyl (C=O) groups excluding carboxylic acids is 2. The SMILES string of the molecule is CC.CC.CNc1ccc(C)cc1CC(C)C=O.Cc1cc2c(cc1F)NC(=O)C(C)C2. The third-order valence-electron chi connectivity index (χ3n) is 4.92. The van der Waals surface area contributed by atoms with Gasteiger partial charge in [0.1, 0.15) is 12.1 Å². The Labute approximate surface area is 194 Å². The second-order valence-corrected chi connectivity index (χ2v) is 7.58. The van der Waals surface area contributed by atoms with Gasteiger partial charge in [0, 0.05) is 30.3 Å². The quantitative estimate of drug-likeness (QED) is 0.514. The zero-order valence-corrected chi connectivity index (χ0v) is 21.2. The second kappa shape index (κ2) is 15.2. The van der Waals surface area contributed by atoms with Crippen molar-refractivity contribution in [3.8, 4) is 0 Å². The maximum Gasteiger partial charge on any atom is 0.227 e. The van der Waals surface area contributed by atoms with Crippen molar-refractivity contribution < 1.29 is 14.0 Å². The highest BCUT2D eigenvalue weighted by Crippen LogP contribution is 2.27. The Morgan fingerprint density at radius 3 is 2.34 bits per heavy atom. The van der Waals surface area contributed by atoms with Gasteiger partial charge in [-0.25, -0.2) is 4.39 Å². The van der Waals surface area contributed by atoms with E-state index in [0.29, 0.717) is 17.7 Å². The van der Waals surface area contributed by atoms with E-state index < -0.39 is 0 Å². The predicted molar refractivity (Wildman–Crippen MR) is 135 cm³/mol. The van der Waals surface area contributed by atoms with Crippen molar-refractivity contribution in [3.05, 3.63) is 58.4 Å². The fourth-order valence-electron chi connectivity index (χ4n) is 3.24. The van der Waals surface area contributed by atoms with Gasteiger partial charge in [-0.3, -0.25) is 4.79 Å². The van der Waals surface area contributed by atoms with Crippen molar-refractivity contribution in [2.24, 2.45) is 11.8 Å². The number of hydrogen-bond acceptors (Lipinski definition) is 3. The number of halogens is 1. The molecule has 0 spiro atoms. The standard InChI is InChI=1S/C12H17NO.C11H12FNO.2C2H6/c1-9-4-5-12(13-3)11(6-9)7-10(2)8-14;1-6-3-8-4-7(2)11(14)13-10(8)5-9(6)12;2*1-2/h4-6,8,10,13H,7H2,1-3H3;3,5,7H,4H2,1-2H3,(H,13,14);2*1-2H3. The van der Waals surface area contributed by atoms with Gasteiger partial charge < -0.3 is 15.4 Å². The minimum absolute atomic E-state index is 0.0210. The van der Waals surface area contributed by atoms with Crippen LogP contribution in [0.1, 0.15) is 63.8 Å². The van der Waals surface area contributed by atoms with E-state index in [2.05, 4.69) is 35.8 Å². The molecule has 3 rings (SSSR count). The lowest BCUT2D eigenvalue weighted by Crippen LogP contribution is -2.27. The number of aryl methyl sites for hydroxylation is 2. The van der Waals surface area contributed by atoms with Crippen LogP contribution in [-0.4, -0.2) is 19.2 Å². The number of aldehydes is 1. The average molecular weight is 445 g/mol. The van der Waals surface area contributed by atoms with Crippen molar-refractivity contribution in [1.29, 1.82) is 0 Å². The molecule has 1 heterocycles. The van der Waals surface area contributed by atoms with E-state index in [1.807, 2.05) is 48.6 Å². The highest BCUT2D eigenvalue weighted by molar-refractivity contribution is 5.95. The summed E-state index contributed by atoms with van der Waals surface area (Å²) in [5.41, 5.74) is 5.84. The Bertz CT molecular complexity index is 865. The molecule has 0 fully saturated rings. The molecule has 2 N–H and O–H groups in total. The van der Waals surface area contributed by atoms with E-state index in [9.17, 15) is 14.0 Å². The zero-order valence-electron chi connectivity index (χ0n) is 21.2. The smallest absolute Gasteiger partial charge is 0.227 e. The molecule has 5 heteroatoms. The topological polar surface area (TPSA) is 58.2 Å². The number of anilines is 2. The van der Waals surface area contributed by atoms with Crippen molar-refractivity contribution in [1.82, 2.24) is 0 Å². The summed E-state index contributed by atoms with van der Waals surface area (Å²) in [6.45, 7) is 15.6. The van der Waals surface area contributed by atoms with E-state index in [4.69, 9.17) is 0 Å². The molecular weight excluding hydrogens is 403 g/mol. The fraction of sp³-hybridized carbons (Fsp3) is 0.481. The first kappa shape index (κ1) is 29.3. The molecule has 2 unspecified atom stereocenters. The van der Waals surface area contributed by atoms with Crippen LogP contribution in [-0.2, 0) is 22.4 Å². The third kappa shape index (κ3) is 8.81. The summed E-state index contributed by atoms with van der Waals surface area (Å²) in [6, 6.07) is 9.46. The largest absolute Gasteiger partial charge is 0.388 e. The molecule has 2 atom stereocenters. The van der Waals surface area contributed by atoms with Gasteiger partial charge in [-0.15, -0.1) is 0 Å². The average Bonchev–Trinajstić information content (AvgIpc) is 2.79. The summed E-state index contributed by atoms with van der Waals surface area (Å²) in [7, 11) is 1.90. The molecule has 0 aliphatic carbocycles. The number of nitrogens with one attached hydrogen (secondary N) is 2. The zero-order chi connectivity index (χ0) is 24.8. The van der Waals surface area contributed by atoms with Crippen molar-refractivity contribution >= 4 is 23.6 Å². The summed E-state index contributed by atoms with van der Waals surface area (Å²) < 4.78 is 13.2. The van der Waals surface area contributed by atoms with Crippen LogP contribution < -0.4 is 10.6 Å². The first-order chi connectivity index (χ1) is 15.2. The Balaban J connectivity index is 0.000000520. The van der Waals surface area contributed by atoms with Crippen LogP contribution in [0.4, 0.5) is 15.8 Å². The van der Waals surface area contributed by atoms with Crippen LogP contribution in [0.25, 0.3) is 0 Å². The number of benzene rings is 2. The van der Waals surface area contributed by atoms with E-state index >= 15 is 0 Å². The van der Waals surface area contributed by atoms with E-state index in [0.717, 1.165) is 24.0 Å². The number of fused-ring (bicyclic) bond motifs is 1. The summed E-state index contributed by atoms with van der Waals surface area (Å²) >= 11 is 0. The van der Waals surface area contributed by atoms with E-state index in [1.165, 1.54) is 17.2 Å². The van der Waals surface area contributed by atoms with Gasteiger partial charge in [0.2, 0.25) is 5.91 Å². The first-order valence-corrected chi connectivity index (χ1v) is 11.6. The molecular formula is C27H41FN2O2. The summed E-state index contributed by atoms with van der Waals surface area (Å²) in [4.78, 5) is 21.9. The van der Waals surface area contributed by atoms with Crippen LogP contribution in [0, 0.1) is 31.5 Å². The highest BCUT2D eigenvalue weighted by atomic mass is 19.1. The Hall–Kier alpha value is -2.69. The number of carbonyl (C=O) groups is 2. The third-order valence-corrected chi connectivity index (χ3v) is 4.92. The van der Waals surface area contributed by atoms with Crippen LogP contribution in [0.15, 0.2) is 30.3 Å². The number of hydrogen-bond donors (Lipinski definition) is 2. The lowest BCUT2D eigenvalue weighted by Gasteiger charge is -2.22. The molecule has 2 aromatic carbocycles. The van der Waals surface area contributed by atoms with E-state index in [1.54, 1.807) is 13.0 Å². The minimum atomic E-state index is -0.265. The molecule has 1 aliphatic heterocycles. The molecule has 2 aromatic rings. The van der Waals surface area contributed by atoms with Crippen molar-refractivity contribution in [3.63, 3.8) is 0 Å². The van der Waals surface area contributed by atoms with Gasteiger partial charge >= 0.3 is 0 Å². The predicted octanol–water partition coefficient (Wildman–Crippen LogP) is 6.73. The summed E-state index contributed by atoms with van der Waals surface area (Å²) in [6.07, 6.45) is 2.51. The maximum absolute atomic E-state index is 13.2. The monoisotopic (exact) mass is 444 g/mol. The van der Waals surface area contributed by atoms with Crippen LogP contribution in [0.2, 0.25) is 0 Å². The summed E-state index contributed by atoms with van der Waals surface area (Å²) in [5.74, 6) is -0.226. The maximum atomic E-state index is 13.2. The molecule has 0 saturated heterocycles. The minimum Gasteiger partial charge on any atom is -0.388 e. The Kier molecular flexibility index (Phi) is 13.9. The highest BCUT2D eigenvalue weighted by Gasteiger charge is 2.22. The van der Waals surface area contributed by atoms with E-state index in [-0.39, 0.29) is 23.6 Å². The lowest BCUT2D eigenvalue weighted by atomic mass is 9.93. The molecule has 0 saturated carbocycles. The molecule has 178 valence electrons. The van der Waals surface area contributed by atoms with Gasteiger partial charge in [-0.05, 0) is 55.5 Å². The normalized spacial score (nSPS) is 14.6. The molecule has 1 amide bonds. The molecule has 0 radical (unpaired) electrons. The van der Waals surface area contributed by atoms with Crippen LogP contribution in [0.5, 0.6) is 0 Å². The fourth-order valence-corrected chi connectivity index (χ4v) is 3.24. The number of amides is 1. The lowest BCUT2D eigenvalue weighted by molar-refractivity contribution is -0.119. The molecule has 0 bridgehead atoms. The van der Waals surface area contributed by atoms with Gasteiger partial charge in [0.05, 0.1) is 0 Å². The molecule has 1 aliphatic rings. The van der Waals surface area contributed by atoms with Gasteiger partial charge in [0.15, 0.2) is 0 Å². The molecule has 4 nitrogen and oxygen atoms in total. The van der Waals surface area contributed by atoms with Crippen molar-refractivity contribution in [2.75, 3.05) is 17.7 Å². The summed E-state index contributed by atoms with van der Waals surface area (Å²) in [5, 5.41) is 5.84. The van der Waals surface area contributed by atoms with Gasteiger partial charge in [-0.1, -0.05) is 65.3 Å². The van der Waals surface area contributed by atoms with Crippen LogP contribution in [0.3, 0.4) is 0 Å². The second-order valence-electron chi connectivity index (χ2n) is 7.58. The molecule has 0 aromatic heterocycles. The van der Waals surface area contributed by atoms with Gasteiger partial charge in [-0.2, -0.15) is 0 Å². The molecule has 32 heavy (non-hydrogen) atoms. The first-order valence-electron chi connectivity index (χ1n) is 11.6. The van der Waals surface area contributed by atoms with Crippen molar-refractivity contribution in [2.45, 2.75) is 68.2 Å². The number of rotatable bonds is 4.